The molecule has 0 aliphatic carbocycles. The van der Waals surface area contributed by atoms with E-state index < -0.39 is 0 Å². The van der Waals surface area contributed by atoms with Crippen molar-refractivity contribution in [1.29, 1.82) is 0 Å². The SMILES string of the molecule is COc1cc2cc(CNc3ccc(N4CCC(O)CC4)cc3)c(=O)[nH]c2cc1OC. The molecule has 1 aliphatic heterocycles. The number of nitrogens with one attached hydrogen (secondary N) is 2. The standard InChI is InChI=1S/C23H27N3O4/c1-29-21-12-15-11-16(23(28)25-20(15)13-22(21)30-2)14-24-17-3-5-18(6-4-17)26-9-7-19(27)8-10-26/h3-6,11-13,19,24,27H,7-10,14H2,1-2H3,(H,25,28). The van der Waals surface area contributed by atoms with E-state index in [1.807, 2.05) is 24.3 Å². The molecule has 1 aliphatic rings. The summed E-state index contributed by atoms with van der Waals surface area (Å²) in [5, 5.41) is 13.9. The number of aliphatic hydroxyl groups is 1. The molecule has 0 saturated carbocycles. The van der Waals surface area contributed by atoms with Crippen molar-refractivity contribution in [2.75, 3.05) is 37.5 Å². The normalized spacial score (nSPS) is 14.7. The predicted octanol–water partition coefficient (Wildman–Crippen LogP) is 3.12. The van der Waals surface area contributed by atoms with Gasteiger partial charge >= 0.3 is 0 Å². The van der Waals surface area contributed by atoms with Crippen LogP contribution in [0.1, 0.15) is 18.4 Å². The number of aromatic amines is 1. The van der Waals surface area contributed by atoms with Gasteiger partial charge in [-0.1, -0.05) is 0 Å². The second-order valence-electron chi connectivity index (χ2n) is 7.54. The minimum Gasteiger partial charge on any atom is -0.493 e. The van der Waals surface area contributed by atoms with Crippen molar-refractivity contribution in [3.8, 4) is 11.5 Å². The Morgan fingerprint density at radius 3 is 2.40 bits per heavy atom. The van der Waals surface area contributed by atoms with Crippen molar-refractivity contribution in [2.24, 2.45) is 0 Å². The van der Waals surface area contributed by atoms with Gasteiger partial charge in [-0.2, -0.15) is 0 Å². The lowest BCUT2D eigenvalue weighted by molar-refractivity contribution is 0.145. The molecule has 158 valence electrons. The molecule has 0 atom stereocenters. The Kier molecular flexibility index (Phi) is 5.81. The van der Waals surface area contributed by atoms with E-state index in [-0.39, 0.29) is 11.7 Å². The largest absolute Gasteiger partial charge is 0.493 e. The third-order valence-corrected chi connectivity index (χ3v) is 5.61. The monoisotopic (exact) mass is 409 g/mol. The second kappa shape index (κ2) is 8.67. The molecule has 2 aromatic carbocycles. The Bertz CT molecular complexity index is 1070. The molecule has 1 saturated heterocycles. The van der Waals surface area contributed by atoms with Crippen LogP contribution in [-0.4, -0.2) is 43.5 Å². The van der Waals surface area contributed by atoms with Crippen LogP contribution in [0.25, 0.3) is 10.9 Å². The highest BCUT2D eigenvalue weighted by Crippen LogP contribution is 2.31. The van der Waals surface area contributed by atoms with Crippen LogP contribution in [0.2, 0.25) is 0 Å². The number of piperidine rings is 1. The van der Waals surface area contributed by atoms with E-state index in [2.05, 4.69) is 27.3 Å². The smallest absolute Gasteiger partial charge is 0.253 e. The zero-order chi connectivity index (χ0) is 21.1. The number of anilines is 2. The number of fused-ring (bicyclic) bond motifs is 1. The van der Waals surface area contributed by atoms with Gasteiger partial charge in [-0.15, -0.1) is 0 Å². The average Bonchev–Trinajstić information content (AvgIpc) is 2.77. The zero-order valence-corrected chi connectivity index (χ0v) is 17.3. The minimum absolute atomic E-state index is 0.134. The third kappa shape index (κ3) is 4.21. The average molecular weight is 409 g/mol. The van der Waals surface area contributed by atoms with Gasteiger partial charge in [0.05, 0.1) is 25.8 Å². The predicted molar refractivity (Wildman–Crippen MR) is 119 cm³/mol. The van der Waals surface area contributed by atoms with Crippen molar-refractivity contribution < 1.29 is 14.6 Å². The Morgan fingerprint density at radius 2 is 1.73 bits per heavy atom. The lowest BCUT2D eigenvalue weighted by Gasteiger charge is -2.31. The molecule has 1 fully saturated rings. The van der Waals surface area contributed by atoms with Crippen molar-refractivity contribution in [1.82, 2.24) is 4.98 Å². The van der Waals surface area contributed by atoms with E-state index >= 15 is 0 Å². The number of pyridine rings is 1. The summed E-state index contributed by atoms with van der Waals surface area (Å²) in [6.07, 6.45) is 1.44. The minimum atomic E-state index is -0.178. The van der Waals surface area contributed by atoms with Crippen LogP contribution < -0.4 is 25.2 Å². The molecular formula is C23H27N3O4. The van der Waals surface area contributed by atoms with Crippen LogP contribution in [0, 0.1) is 0 Å². The molecule has 7 heteroatoms. The van der Waals surface area contributed by atoms with Crippen LogP contribution >= 0.6 is 0 Å². The highest BCUT2D eigenvalue weighted by atomic mass is 16.5. The van der Waals surface area contributed by atoms with Gasteiger partial charge in [0.25, 0.3) is 5.56 Å². The van der Waals surface area contributed by atoms with Gasteiger partial charge in [0.2, 0.25) is 0 Å². The fourth-order valence-electron chi connectivity index (χ4n) is 3.82. The molecule has 3 aromatic rings. The molecule has 1 aromatic heterocycles. The van der Waals surface area contributed by atoms with Gasteiger partial charge in [0.15, 0.2) is 11.5 Å². The molecule has 0 radical (unpaired) electrons. The Balaban J connectivity index is 1.47. The molecule has 0 bridgehead atoms. The molecule has 2 heterocycles. The quantitative estimate of drug-likeness (QED) is 0.580. The van der Waals surface area contributed by atoms with E-state index in [4.69, 9.17) is 9.47 Å². The first kappa shape index (κ1) is 20.1. The Hall–Kier alpha value is -3.19. The number of ether oxygens (including phenoxy) is 2. The fourth-order valence-corrected chi connectivity index (χ4v) is 3.82. The number of H-pyrrole nitrogens is 1. The lowest BCUT2D eigenvalue weighted by Crippen LogP contribution is -2.35. The van der Waals surface area contributed by atoms with Crippen molar-refractivity contribution in [3.05, 3.63) is 58.4 Å². The number of rotatable bonds is 6. The van der Waals surface area contributed by atoms with E-state index in [0.717, 1.165) is 42.7 Å². The molecule has 7 nitrogen and oxygen atoms in total. The summed E-state index contributed by atoms with van der Waals surface area (Å²) < 4.78 is 10.7. The molecule has 30 heavy (non-hydrogen) atoms. The van der Waals surface area contributed by atoms with Crippen molar-refractivity contribution >= 4 is 22.3 Å². The fraction of sp³-hybridized carbons (Fsp3) is 0.348. The summed E-state index contributed by atoms with van der Waals surface area (Å²) in [4.78, 5) is 17.7. The van der Waals surface area contributed by atoms with E-state index in [1.165, 1.54) is 0 Å². The zero-order valence-electron chi connectivity index (χ0n) is 17.3. The van der Waals surface area contributed by atoms with Gasteiger partial charge in [-0.3, -0.25) is 4.79 Å². The van der Waals surface area contributed by atoms with Crippen LogP contribution in [0.5, 0.6) is 11.5 Å². The Labute approximate surface area is 175 Å². The van der Waals surface area contributed by atoms with Crippen LogP contribution in [0.15, 0.2) is 47.3 Å². The topological polar surface area (TPSA) is 86.8 Å². The number of hydrogen-bond donors (Lipinski definition) is 3. The van der Waals surface area contributed by atoms with Crippen molar-refractivity contribution in [3.63, 3.8) is 0 Å². The maximum atomic E-state index is 12.5. The summed E-state index contributed by atoms with van der Waals surface area (Å²) in [6, 6.07) is 13.7. The van der Waals surface area contributed by atoms with Gasteiger partial charge in [0, 0.05) is 48.0 Å². The lowest BCUT2D eigenvalue weighted by atomic mass is 10.1. The van der Waals surface area contributed by atoms with Gasteiger partial charge in [0.1, 0.15) is 0 Å². The molecule has 3 N–H and O–H groups in total. The third-order valence-electron chi connectivity index (χ3n) is 5.61. The molecule has 4 rings (SSSR count). The van der Waals surface area contributed by atoms with E-state index in [1.54, 1.807) is 20.3 Å². The molecule has 0 amide bonds. The number of aromatic nitrogens is 1. The summed E-state index contributed by atoms with van der Waals surface area (Å²) in [6.45, 7) is 2.15. The maximum Gasteiger partial charge on any atom is 0.253 e. The van der Waals surface area contributed by atoms with E-state index in [0.29, 0.717) is 29.1 Å². The highest BCUT2D eigenvalue weighted by Gasteiger charge is 2.17. The van der Waals surface area contributed by atoms with Gasteiger partial charge in [-0.25, -0.2) is 0 Å². The van der Waals surface area contributed by atoms with Crippen LogP contribution in [-0.2, 0) is 6.54 Å². The maximum absolute atomic E-state index is 12.5. The van der Waals surface area contributed by atoms with Crippen LogP contribution in [0.4, 0.5) is 11.4 Å². The molecule has 0 unspecified atom stereocenters. The van der Waals surface area contributed by atoms with Crippen molar-refractivity contribution in [2.45, 2.75) is 25.5 Å². The van der Waals surface area contributed by atoms with Crippen LogP contribution in [0.3, 0.4) is 0 Å². The summed E-state index contributed by atoms with van der Waals surface area (Å²) in [7, 11) is 3.16. The molecular weight excluding hydrogens is 382 g/mol. The summed E-state index contributed by atoms with van der Waals surface area (Å²) >= 11 is 0. The first-order valence-electron chi connectivity index (χ1n) is 10.1. The number of benzene rings is 2. The number of nitrogens with zero attached hydrogens (tertiary/aromatic N) is 1. The first-order valence-corrected chi connectivity index (χ1v) is 10.1. The molecule has 0 spiro atoms. The first-order chi connectivity index (χ1) is 14.6. The van der Waals surface area contributed by atoms with Gasteiger partial charge < -0.3 is 29.8 Å². The van der Waals surface area contributed by atoms with E-state index in [9.17, 15) is 9.90 Å². The number of hydrogen-bond acceptors (Lipinski definition) is 6. The second-order valence-corrected chi connectivity index (χ2v) is 7.54. The number of aliphatic hydroxyl groups excluding tert-OH is 1. The summed E-state index contributed by atoms with van der Waals surface area (Å²) in [5.41, 5.74) is 3.31. The van der Waals surface area contributed by atoms with Gasteiger partial charge in [-0.05, 0) is 49.2 Å². The highest BCUT2D eigenvalue weighted by molar-refractivity contribution is 5.83. The Morgan fingerprint density at radius 1 is 1.07 bits per heavy atom. The number of methoxy groups -OCH3 is 2. The summed E-state index contributed by atoms with van der Waals surface area (Å²) in [5.74, 6) is 1.20.